The van der Waals surface area contributed by atoms with Crippen molar-refractivity contribution in [2.75, 3.05) is 52.9 Å². The molecular weight excluding hydrogens is 897 g/mol. The van der Waals surface area contributed by atoms with E-state index in [1.165, 1.54) is 19.1 Å². The number of likely N-dealkylation sites (tertiary alicyclic amines) is 1. The number of likely N-dealkylation sites (N-methyl/N-ethyl adjacent to an activating group) is 2. The Labute approximate surface area is 411 Å². The minimum atomic E-state index is -1.16. The molecule has 1 aliphatic heterocycles. The second kappa shape index (κ2) is 29.9. The minimum Gasteiger partial charge on any atom is -0.480 e. The molecule has 16 nitrogen and oxygen atoms in total. The fraction of sp³-hybridized carbons (Fsp3) is 0.735. The maximum atomic E-state index is 14.6. The summed E-state index contributed by atoms with van der Waals surface area (Å²) in [7, 11) is 6.26. The van der Waals surface area contributed by atoms with Gasteiger partial charge in [-0.2, -0.15) is 25.3 Å². The predicted molar refractivity (Wildman–Crippen MR) is 267 cm³/mol. The normalized spacial score (nSPS) is 17.5. The lowest BCUT2D eigenvalue weighted by molar-refractivity contribution is -0.149. The van der Waals surface area contributed by atoms with E-state index in [0.29, 0.717) is 63.1 Å². The zero-order chi connectivity index (χ0) is 50.5. The van der Waals surface area contributed by atoms with Crippen molar-refractivity contribution in [1.29, 1.82) is 0 Å². The lowest BCUT2D eigenvalue weighted by Crippen LogP contribution is -2.60. The van der Waals surface area contributed by atoms with Gasteiger partial charge in [-0.15, -0.1) is 0 Å². The van der Waals surface area contributed by atoms with Crippen molar-refractivity contribution < 1.29 is 48.1 Å². The van der Waals surface area contributed by atoms with E-state index in [2.05, 4.69) is 41.2 Å². The van der Waals surface area contributed by atoms with E-state index in [1.54, 1.807) is 55.1 Å². The highest BCUT2D eigenvalue weighted by molar-refractivity contribution is 7.81. The monoisotopic (exact) mass is 979 g/mol. The van der Waals surface area contributed by atoms with Crippen LogP contribution < -0.4 is 16.0 Å². The summed E-state index contributed by atoms with van der Waals surface area (Å²) in [5.41, 5.74) is 0.766. The number of carboxylic acids is 1. The van der Waals surface area contributed by atoms with Gasteiger partial charge in [0.15, 0.2) is 0 Å². The Bertz CT molecular complexity index is 1740. The largest absolute Gasteiger partial charge is 0.480 e. The number of amides is 6. The van der Waals surface area contributed by atoms with Gasteiger partial charge in [0.05, 0.1) is 42.5 Å². The van der Waals surface area contributed by atoms with Gasteiger partial charge in [-0.25, -0.2) is 4.79 Å². The number of aliphatic carboxylic acids is 1. The van der Waals surface area contributed by atoms with Crippen LogP contribution in [-0.4, -0.2) is 157 Å². The van der Waals surface area contributed by atoms with Gasteiger partial charge in [-0.3, -0.25) is 28.8 Å². The number of thiol groups is 2. The molecule has 380 valence electrons. The first-order valence-corrected chi connectivity index (χ1v) is 25.2. The summed E-state index contributed by atoms with van der Waals surface area (Å²) in [6.45, 7) is 14.0. The maximum Gasteiger partial charge on any atom is 0.326 e. The highest BCUT2D eigenvalue weighted by Gasteiger charge is 2.44. The number of nitrogens with one attached hydrogen (secondary N) is 3. The topological polar surface area (TPSA) is 204 Å². The quantitative estimate of drug-likeness (QED) is 0.0471. The molecule has 9 atom stereocenters. The number of hydrogen-bond donors (Lipinski definition) is 6. The third-order valence-corrected chi connectivity index (χ3v) is 14.2. The number of rotatable bonds is 30. The second-order valence-corrected chi connectivity index (χ2v) is 19.5. The fourth-order valence-electron chi connectivity index (χ4n) is 9.05. The van der Waals surface area contributed by atoms with Crippen molar-refractivity contribution in [2.24, 2.45) is 29.6 Å². The van der Waals surface area contributed by atoms with Gasteiger partial charge in [-0.1, -0.05) is 91.6 Å². The molecule has 1 saturated heterocycles. The molecule has 4 N–H and O–H groups in total. The minimum absolute atomic E-state index is 0.0724. The Kier molecular flexibility index (Phi) is 26.4. The van der Waals surface area contributed by atoms with Crippen LogP contribution in [0.3, 0.4) is 0 Å². The van der Waals surface area contributed by atoms with Crippen LogP contribution in [0.15, 0.2) is 30.3 Å². The van der Waals surface area contributed by atoms with Gasteiger partial charge in [0.25, 0.3) is 0 Å². The van der Waals surface area contributed by atoms with Gasteiger partial charge >= 0.3 is 5.97 Å². The zero-order valence-electron chi connectivity index (χ0n) is 41.9. The molecule has 1 aromatic rings. The first-order chi connectivity index (χ1) is 31.7. The lowest BCUT2D eigenvalue weighted by atomic mass is 9.89. The SMILES string of the molecule is CC[C@H](C)[C@@H]([C@@H](CC(=O)N1CCC[C@H]1[C@H](OC)[C@@H](C)C(=O)N[C@@H](Cc1ccccc1)C(=O)O)OC)N(C)C(=O)[C@@H](NC(=O)[C@H](C(C)C)N(C)C(=O)CCCCCNC(=O)C(CS)CS)C(C)C. The van der Waals surface area contributed by atoms with Crippen LogP contribution in [0, 0.1) is 29.6 Å². The Morgan fingerprint density at radius 1 is 0.836 bits per heavy atom. The molecule has 0 aliphatic carbocycles. The molecule has 18 heteroatoms. The number of carbonyl (C=O) groups excluding carboxylic acids is 6. The third kappa shape index (κ3) is 17.6. The summed E-state index contributed by atoms with van der Waals surface area (Å²) in [5.74, 6) is -3.91. The Morgan fingerprint density at radius 3 is 2.01 bits per heavy atom. The summed E-state index contributed by atoms with van der Waals surface area (Å²) in [6, 6.07) is 5.06. The summed E-state index contributed by atoms with van der Waals surface area (Å²) in [6.07, 6.45) is 2.68. The average molecular weight is 979 g/mol. The molecule has 0 unspecified atom stereocenters. The number of methoxy groups -OCH3 is 2. The highest BCUT2D eigenvalue weighted by Crippen LogP contribution is 2.30. The molecule has 1 aliphatic rings. The number of unbranched alkanes of at least 4 members (excludes halogenated alkanes) is 2. The van der Waals surface area contributed by atoms with Crippen LogP contribution in [0.5, 0.6) is 0 Å². The summed E-state index contributed by atoms with van der Waals surface area (Å²) >= 11 is 8.40. The standard InChI is InChI=1S/C49H82N6O10S2/c1-12-32(6)43(38(64-10)27-40(57)55-25-19-22-37(55)44(65-11)33(7)45(58)51-36(49(62)63)26-34-20-15-13-16-21-34)54(9)48(61)41(30(2)3)52-47(60)42(31(4)5)53(8)39(56)23-17-14-18-24-50-46(59)35(28-66)29-67/h13,15-16,20-21,30-33,35-38,41-44,66-67H,12,14,17-19,22-29H2,1-11H3,(H,50,59)(H,51,58)(H,52,60)(H,62,63)/t32-,33+,36-,37-,38+,41-,42-,43-,44+/m0/s1. The molecule has 67 heavy (non-hydrogen) atoms. The van der Waals surface area contributed by atoms with Crippen molar-refractivity contribution in [2.45, 2.75) is 149 Å². The number of benzene rings is 1. The predicted octanol–water partition coefficient (Wildman–Crippen LogP) is 4.50. The van der Waals surface area contributed by atoms with Gasteiger partial charge in [0, 0.05) is 65.8 Å². The van der Waals surface area contributed by atoms with Gasteiger partial charge < -0.3 is 45.2 Å². The summed E-state index contributed by atoms with van der Waals surface area (Å²) in [5, 5.41) is 18.5. The smallest absolute Gasteiger partial charge is 0.326 e. The van der Waals surface area contributed by atoms with E-state index in [-0.39, 0.29) is 66.6 Å². The maximum absolute atomic E-state index is 14.6. The van der Waals surface area contributed by atoms with Crippen LogP contribution >= 0.6 is 25.3 Å². The molecule has 0 bridgehead atoms. The van der Waals surface area contributed by atoms with E-state index in [1.807, 2.05) is 47.6 Å². The molecule has 2 rings (SSSR count). The summed E-state index contributed by atoms with van der Waals surface area (Å²) < 4.78 is 11.9. The van der Waals surface area contributed by atoms with Gasteiger partial charge in [-0.05, 0) is 49.0 Å². The molecule has 6 amide bonds. The fourth-order valence-corrected chi connectivity index (χ4v) is 9.84. The van der Waals surface area contributed by atoms with Crippen LogP contribution in [0.4, 0.5) is 0 Å². The molecule has 1 aromatic carbocycles. The van der Waals surface area contributed by atoms with Crippen molar-refractivity contribution in [1.82, 2.24) is 30.7 Å². The number of carbonyl (C=O) groups is 7. The van der Waals surface area contributed by atoms with Crippen LogP contribution in [-0.2, 0) is 49.5 Å². The van der Waals surface area contributed by atoms with E-state index >= 15 is 0 Å². The lowest BCUT2D eigenvalue weighted by Gasteiger charge is -2.41. The number of nitrogens with zero attached hydrogens (tertiary/aromatic N) is 3. The first kappa shape index (κ1) is 59.3. The van der Waals surface area contributed by atoms with E-state index in [4.69, 9.17) is 9.47 Å². The molecular formula is C49H82N6O10S2. The Hall–Kier alpha value is -3.87. The molecule has 0 saturated carbocycles. The molecule has 1 fully saturated rings. The Balaban J connectivity index is 2.19. The van der Waals surface area contributed by atoms with Gasteiger partial charge in [0.2, 0.25) is 35.4 Å². The zero-order valence-corrected chi connectivity index (χ0v) is 43.7. The number of hydrogen-bond acceptors (Lipinski definition) is 11. The van der Waals surface area contributed by atoms with Crippen LogP contribution in [0.1, 0.15) is 105 Å². The third-order valence-electron chi connectivity index (χ3n) is 13.3. The number of carboxylic acid groups (broad SMARTS) is 1. The van der Waals surface area contributed by atoms with Crippen LogP contribution in [0.25, 0.3) is 0 Å². The molecule has 0 spiro atoms. The first-order valence-electron chi connectivity index (χ1n) is 23.9. The van der Waals surface area contributed by atoms with E-state index < -0.39 is 66.1 Å². The van der Waals surface area contributed by atoms with Crippen molar-refractivity contribution in [3.8, 4) is 0 Å². The highest BCUT2D eigenvalue weighted by atomic mass is 32.1. The van der Waals surface area contributed by atoms with Gasteiger partial charge in [0.1, 0.15) is 18.1 Å². The summed E-state index contributed by atoms with van der Waals surface area (Å²) in [4.78, 5) is 99.1. The van der Waals surface area contributed by atoms with E-state index in [0.717, 1.165) is 5.56 Å². The van der Waals surface area contributed by atoms with Crippen molar-refractivity contribution in [3.05, 3.63) is 35.9 Å². The Morgan fingerprint density at radius 2 is 1.48 bits per heavy atom. The molecule has 0 aromatic heterocycles. The van der Waals surface area contributed by atoms with Crippen molar-refractivity contribution >= 4 is 66.7 Å². The molecule has 0 radical (unpaired) electrons. The van der Waals surface area contributed by atoms with E-state index in [9.17, 15) is 38.7 Å². The van der Waals surface area contributed by atoms with Crippen molar-refractivity contribution in [3.63, 3.8) is 0 Å². The number of ether oxygens (including phenoxy) is 2. The average Bonchev–Trinajstić information content (AvgIpc) is 3.78. The van der Waals surface area contributed by atoms with Crippen LogP contribution in [0.2, 0.25) is 0 Å². The second-order valence-electron chi connectivity index (χ2n) is 18.8. The molecule has 1 heterocycles.